The van der Waals surface area contributed by atoms with E-state index in [0.717, 1.165) is 31.0 Å². The fourth-order valence-electron chi connectivity index (χ4n) is 1.65. The van der Waals surface area contributed by atoms with E-state index in [0.29, 0.717) is 0 Å². The van der Waals surface area contributed by atoms with Crippen molar-refractivity contribution in [2.45, 2.75) is 25.8 Å². The van der Waals surface area contributed by atoms with Crippen molar-refractivity contribution in [2.75, 3.05) is 6.54 Å². The number of aromatic nitrogens is 6. The van der Waals surface area contributed by atoms with Crippen LogP contribution in [0.2, 0.25) is 0 Å². The molecule has 2 aromatic rings. The third-order valence-electron chi connectivity index (χ3n) is 2.60. The van der Waals surface area contributed by atoms with Crippen LogP contribution in [0.25, 0.3) is 0 Å². The van der Waals surface area contributed by atoms with Crippen LogP contribution in [0.3, 0.4) is 0 Å². The van der Waals surface area contributed by atoms with Gasteiger partial charge in [-0.2, -0.15) is 10.2 Å². The summed E-state index contributed by atoms with van der Waals surface area (Å²) in [7, 11) is 1.89. The van der Waals surface area contributed by atoms with Crippen LogP contribution in [0, 0.1) is 0 Å². The predicted octanol–water partition coefficient (Wildman–Crippen LogP) is 0.217. The highest BCUT2D eigenvalue weighted by atomic mass is 15.3. The first-order chi connectivity index (χ1) is 8.31. The van der Waals surface area contributed by atoms with Crippen molar-refractivity contribution in [1.29, 1.82) is 0 Å². The highest BCUT2D eigenvalue weighted by Gasteiger charge is 2.16. The highest BCUT2D eigenvalue weighted by molar-refractivity contribution is 4.98. The fourth-order valence-corrected chi connectivity index (χ4v) is 1.65. The van der Waals surface area contributed by atoms with Crippen molar-refractivity contribution in [3.05, 3.63) is 24.3 Å². The van der Waals surface area contributed by atoms with E-state index in [9.17, 15) is 0 Å². The Morgan fingerprint density at radius 3 is 2.88 bits per heavy atom. The van der Waals surface area contributed by atoms with E-state index < -0.39 is 0 Å². The summed E-state index contributed by atoms with van der Waals surface area (Å²) in [4.78, 5) is 8.42. The molecule has 2 aromatic heterocycles. The van der Waals surface area contributed by atoms with Crippen molar-refractivity contribution >= 4 is 0 Å². The average Bonchev–Trinajstić information content (AvgIpc) is 2.96. The molecule has 1 unspecified atom stereocenters. The van der Waals surface area contributed by atoms with Crippen LogP contribution < -0.4 is 5.32 Å². The van der Waals surface area contributed by atoms with Gasteiger partial charge in [0.15, 0.2) is 0 Å². The van der Waals surface area contributed by atoms with Crippen LogP contribution in [0.15, 0.2) is 12.7 Å². The van der Waals surface area contributed by atoms with Gasteiger partial charge < -0.3 is 5.32 Å². The third-order valence-corrected chi connectivity index (χ3v) is 2.60. The molecule has 17 heavy (non-hydrogen) atoms. The average molecular weight is 235 g/mol. The Morgan fingerprint density at radius 1 is 1.41 bits per heavy atom. The fraction of sp³-hybridized carbons (Fsp3) is 0.600. The van der Waals surface area contributed by atoms with Crippen LogP contribution in [0.4, 0.5) is 0 Å². The molecule has 0 aliphatic carbocycles. The van der Waals surface area contributed by atoms with Gasteiger partial charge in [0.25, 0.3) is 0 Å². The summed E-state index contributed by atoms with van der Waals surface area (Å²) < 4.78 is 1.77. The molecule has 7 nitrogen and oxygen atoms in total. The lowest BCUT2D eigenvalue weighted by Gasteiger charge is -2.15. The molecule has 0 aliphatic rings. The van der Waals surface area contributed by atoms with Crippen molar-refractivity contribution in [3.8, 4) is 0 Å². The monoisotopic (exact) mass is 235 g/mol. The van der Waals surface area contributed by atoms with Gasteiger partial charge in [0, 0.05) is 13.5 Å². The van der Waals surface area contributed by atoms with E-state index in [-0.39, 0.29) is 6.04 Å². The predicted molar refractivity (Wildman–Crippen MR) is 62.1 cm³/mol. The van der Waals surface area contributed by atoms with Crippen LogP contribution in [-0.2, 0) is 13.5 Å². The number of nitrogens with zero attached hydrogens (tertiary/aromatic N) is 5. The Kier molecular flexibility index (Phi) is 3.81. The van der Waals surface area contributed by atoms with E-state index in [4.69, 9.17) is 0 Å². The summed E-state index contributed by atoms with van der Waals surface area (Å²) in [5, 5.41) is 14.3. The summed E-state index contributed by atoms with van der Waals surface area (Å²) in [5.41, 5.74) is 0. The number of hydrogen-bond acceptors (Lipinski definition) is 5. The smallest absolute Gasteiger partial charge is 0.141 e. The van der Waals surface area contributed by atoms with Gasteiger partial charge in [-0.3, -0.25) is 9.78 Å². The number of rotatable bonds is 6. The molecule has 2 heterocycles. The van der Waals surface area contributed by atoms with Gasteiger partial charge in [-0.15, -0.1) is 0 Å². The van der Waals surface area contributed by atoms with E-state index >= 15 is 0 Å². The lowest BCUT2D eigenvalue weighted by atomic mass is 10.2. The molecular weight excluding hydrogens is 218 g/mol. The molecule has 1 atom stereocenters. The van der Waals surface area contributed by atoms with E-state index in [1.54, 1.807) is 11.0 Å². The highest BCUT2D eigenvalue weighted by Crippen LogP contribution is 2.12. The number of H-pyrrole nitrogens is 1. The minimum Gasteiger partial charge on any atom is -0.307 e. The largest absolute Gasteiger partial charge is 0.307 e. The summed E-state index contributed by atoms with van der Waals surface area (Å²) in [6, 6.07) is 0.0975. The van der Waals surface area contributed by atoms with E-state index in [1.165, 1.54) is 6.33 Å². The maximum Gasteiger partial charge on any atom is 0.141 e. The van der Waals surface area contributed by atoms with E-state index in [2.05, 4.69) is 37.5 Å². The number of aryl methyl sites for hydroxylation is 1. The quantitative estimate of drug-likeness (QED) is 0.748. The number of nitrogens with one attached hydrogen (secondary N) is 2. The zero-order valence-electron chi connectivity index (χ0n) is 10.1. The van der Waals surface area contributed by atoms with Crippen molar-refractivity contribution in [3.63, 3.8) is 0 Å². The molecular formula is C10H17N7. The van der Waals surface area contributed by atoms with Gasteiger partial charge >= 0.3 is 0 Å². The first-order valence-corrected chi connectivity index (χ1v) is 5.72. The molecule has 7 heteroatoms. The normalized spacial score (nSPS) is 12.8. The second-order valence-electron chi connectivity index (χ2n) is 3.88. The lowest BCUT2D eigenvalue weighted by Crippen LogP contribution is -2.26. The van der Waals surface area contributed by atoms with Crippen LogP contribution >= 0.6 is 0 Å². The first-order valence-electron chi connectivity index (χ1n) is 5.72. The Morgan fingerprint density at radius 2 is 2.29 bits per heavy atom. The molecule has 0 saturated heterocycles. The maximum absolute atomic E-state index is 4.22. The summed E-state index contributed by atoms with van der Waals surface area (Å²) in [6.07, 6.45) is 4.90. The molecule has 0 aromatic carbocycles. The van der Waals surface area contributed by atoms with Gasteiger partial charge in [0.05, 0.1) is 6.04 Å². The van der Waals surface area contributed by atoms with Crippen LogP contribution in [0.1, 0.15) is 31.0 Å². The summed E-state index contributed by atoms with van der Waals surface area (Å²) in [5.74, 6) is 1.76. The lowest BCUT2D eigenvalue weighted by molar-refractivity contribution is 0.486. The van der Waals surface area contributed by atoms with Crippen molar-refractivity contribution in [1.82, 2.24) is 35.3 Å². The van der Waals surface area contributed by atoms with E-state index in [1.807, 2.05) is 7.05 Å². The molecule has 92 valence electrons. The number of aromatic amines is 1. The Hall–Kier alpha value is -1.76. The van der Waals surface area contributed by atoms with Crippen molar-refractivity contribution in [2.24, 2.45) is 7.05 Å². The maximum atomic E-state index is 4.22. The van der Waals surface area contributed by atoms with Gasteiger partial charge in [-0.05, 0) is 13.0 Å². The standard InChI is InChI=1S/C10H17N7/c1-3-4-11-8(10-13-6-14-16-10)5-9-12-7-15-17(9)2/h6-8,11H,3-5H2,1-2H3,(H,13,14,16). The SMILES string of the molecule is CCCNC(Cc1ncnn1C)c1ncn[nH]1. The molecule has 2 N–H and O–H groups in total. The van der Waals surface area contributed by atoms with Crippen LogP contribution in [0.5, 0.6) is 0 Å². The molecule has 2 rings (SSSR count). The second-order valence-corrected chi connectivity index (χ2v) is 3.88. The molecule has 0 fully saturated rings. The Labute approximate surface area is 99.7 Å². The second kappa shape index (κ2) is 5.53. The minimum absolute atomic E-state index is 0.0975. The Balaban J connectivity index is 2.08. The molecule has 0 bridgehead atoms. The van der Waals surface area contributed by atoms with Crippen LogP contribution in [-0.4, -0.2) is 36.5 Å². The van der Waals surface area contributed by atoms with Gasteiger partial charge in [-0.1, -0.05) is 6.92 Å². The molecule has 0 spiro atoms. The zero-order chi connectivity index (χ0) is 12.1. The topological polar surface area (TPSA) is 84.3 Å². The summed E-state index contributed by atoms with van der Waals surface area (Å²) in [6.45, 7) is 3.07. The molecule has 0 amide bonds. The van der Waals surface area contributed by atoms with Gasteiger partial charge in [-0.25, -0.2) is 9.97 Å². The molecule has 0 aliphatic heterocycles. The van der Waals surface area contributed by atoms with Gasteiger partial charge in [0.1, 0.15) is 24.3 Å². The minimum atomic E-state index is 0.0975. The molecule has 0 radical (unpaired) electrons. The zero-order valence-corrected chi connectivity index (χ0v) is 10.1. The first kappa shape index (κ1) is 11.7. The third kappa shape index (κ3) is 2.88. The Bertz CT molecular complexity index is 433. The molecule has 0 saturated carbocycles. The number of hydrogen-bond donors (Lipinski definition) is 2. The van der Waals surface area contributed by atoms with Crippen molar-refractivity contribution < 1.29 is 0 Å². The summed E-state index contributed by atoms with van der Waals surface area (Å²) >= 11 is 0. The van der Waals surface area contributed by atoms with Gasteiger partial charge in [0.2, 0.25) is 0 Å².